The summed E-state index contributed by atoms with van der Waals surface area (Å²) in [5.41, 5.74) is 0.527. The fourth-order valence-electron chi connectivity index (χ4n) is 3.78. The second-order valence-electron chi connectivity index (χ2n) is 6.85. The van der Waals surface area contributed by atoms with Crippen molar-refractivity contribution in [3.05, 3.63) is 34.9 Å². The molecule has 0 aromatic heterocycles. The van der Waals surface area contributed by atoms with Crippen LogP contribution in [0, 0.1) is 23.5 Å². The highest BCUT2D eigenvalue weighted by atomic mass is 19.4. The third kappa shape index (κ3) is 3.84. The number of hydrogen-bond acceptors (Lipinski definition) is 2. The van der Waals surface area contributed by atoms with Crippen molar-refractivity contribution in [3.63, 3.8) is 0 Å². The summed E-state index contributed by atoms with van der Waals surface area (Å²) in [6.45, 7) is -1.36. The Balaban J connectivity index is 1.77. The zero-order chi connectivity index (χ0) is 19.9. The van der Waals surface area contributed by atoms with E-state index in [0.717, 1.165) is 17.0 Å². The van der Waals surface area contributed by atoms with E-state index in [1.165, 1.54) is 0 Å². The molecule has 3 atom stereocenters. The van der Waals surface area contributed by atoms with Crippen LogP contribution in [0.5, 0.6) is 0 Å². The quantitative estimate of drug-likeness (QED) is 0.760. The lowest BCUT2D eigenvalue weighted by Crippen LogP contribution is -2.42. The molecule has 1 aromatic carbocycles. The summed E-state index contributed by atoms with van der Waals surface area (Å²) >= 11 is 0. The molecule has 10 heteroatoms. The van der Waals surface area contributed by atoms with E-state index in [4.69, 9.17) is 5.11 Å². The highest BCUT2D eigenvalue weighted by molar-refractivity contribution is 5.78. The first kappa shape index (κ1) is 19.4. The van der Waals surface area contributed by atoms with Gasteiger partial charge >= 0.3 is 18.2 Å². The number of aliphatic carboxylic acids is 1. The molecule has 148 valence electrons. The van der Waals surface area contributed by atoms with Crippen molar-refractivity contribution in [2.75, 3.05) is 13.1 Å². The van der Waals surface area contributed by atoms with E-state index >= 15 is 0 Å². The van der Waals surface area contributed by atoms with Gasteiger partial charge in [-0.05, 0) is 36.5 Å². The first-order chi connectivity index (χ1) is 12.6. The molecule has 1 heterocycles. The molecule has 2 amide bonds. The number of nitrogens with one attached hydrogen (secondary N) is 1. The standard InChI is InChI=1S/C17H17F5N2O3/c18-8-4-10-9(13(19)5-8)2-1-3-14(10)23-16(27)24-6-11(15(25)26)12(7-24)17(20,21)22/h4-5,11-12,14H,1-3,6-7H2,(H,23,27)(H,25,26)/t11-,12-,14-/m1/s1. The average Bonchev–Trinajstić information content (AvgIpc) is 3.01. The van der Waals surface area contributed by atoms with E-state index in [9.17, 15) is 31.5 Å². The Morgan fingerprint density at radius 3 is 2.48 bits per heavy atom. The predicted octanol–water partition coefficient (Wildman–Crippen LogP) is 3.25. The van der Waals surface area contributed by atoms with Crippen LogP contribution in [0.15, 0.2) is 12.1 Å². The molecule has 1 aliphatic heterocycles. The Kier molecular flexibility index (Phi) is 5.00. The van der Waals surface area contributed by atoms with Gasteiger partial charge in [-0.2, -0.15) is 13.2 Å². The topological polar surface area (TPSA) is 69.6 Å². The van der Waals surface area contributed by atoms with Crippen LogP contribution >= 0.6 is 0 Å². The van der Waals surface area contributed by atoms with Gasteiger partial charge in [0, 0.05) is 19.2 Å². The number of urea groups is 1. The van der Waals surface area contributed by atoms with Gasteiger partial charge in [-0.3, -0.25) is 4.79 Å². The molecular formula is C17H17F5N2O3. The number of carbonyl (C=O) groups excluding carboxylic acids is 1. The molecule has 3 rings (SSSR count). The number of carboxylic acid groups (broad SMARTS) is 1. The molecule has 1 aromatic rings. The van der Waals surface area contributed by atoms with Gasteiger partial charge in [0.1, 0.15) is 11.6 Å². The van der Waals surface area contributed by atoms with Crippen LogP contribution in [-0.4, -0.2) is 41.3 Å². The third-order valence-electron chi connectivity index (χ3n) is 5.13. The average molecular weight is 392 g/mol. The molecule has 27 heavy (non-hydrogen) atoms. The highest BCUT2D eigenvalue weighted by Crippen LogP contribution is 2.38. The smallest absolute Gasteiger partial charge is 0.394 e. The number of alkyl halides is 3. The van der Waals surface area contributed by atoms with E-state index in [1.807, 2.05) is 0 Å². The van der Waals surface area contributed by atoms with Crippen molar-refractivity contribution in [2.45, 2.75) is 31.5 Å². The summed E-state index contributed by atoms with van der Waals surface area (Å²) in [4.78, 5) is 24.3. The van der Waals surface area contributed by atoms with E-state index in [-0.39, 0.29) is 11.1 Å². The van der Waals surface area contributed by atoms with Crippen LogP contribution in [0.2, 0.25) is 0 Å². The molecule has 2 N–H and O–H groups in total. The minimum absolute atomic E-state index is 0.258. The van der Waals surface area contributed by atoms with Crippen LogP contribution in [-0.2, 0) is 11.2 Å². The SMILES string of the molecule is O=C(O)[C@@H]1CN(C(=O)N[C@@H]2CCCc3c(F)cc(F)cc32)C[C@H]1C(F)(F)F. The number of carboxylic acids is 1. The summed E-state index contributed by atoms with van der Waals surface area (Å²) in [5, 5.41) is 11.5. The number of nitrogens with zero attached hydrogens (tertiary/aromatic N) is 1. The summed E-state index contributed by atoms with van der Waals surface area (Å²) < 4.78 is 66.6. The van der Waals surface area contributed by atoms with E-state index in [0.29, 0.717) is 19.3 Å². The van der Waals surface area contributed by atoms with Crippen molar-refractivity contribution >= 4 is 12.0 Å². The molecule has 0 radical (unpaired) electrons. The normalized spacial score (nSPS) is 25.2. The summed E-state index contributed by atoms with van der Waals surface area (Å²) in [5.74, 6) is -7.07. The lowest BCUT2D eigenvalue weighted by molar-refractivity contribution is -0.187. The summed E-state index contributed by atoms with van der Waals surface area (Å²) in [6, 6.07) is 0.218. The second kappa shape index (κ2) is 6.97. The van der Waals surface area contributed by atoms with Gasteiger partial charge in [0.15, 0.2) is 0 Å². The lowest BCUT2D eigenvalue weighted by atomic mass is 9.87. The van der Waals surface area contributed by atoms with Crippen LogP contribution in [0.1, 0.15) is 30.0 Å². The van der Waals surface area contributed by atoms with Crippen molar-refractivity contribution in [3.8, 4) is 0 Å². The van der Waals surface area contributed by atoms with Crippen molar-refractivity contribution < 1.29 is 36.6 Å². The van der Waals surface area contributed by atoms with Gasteiger partial charge in [-0.25, -0.2) is 13.6 Å². The first-order valence-electron chi connectivity index (χ1n) is 8.40. The molecule has 0 spiro atoms. The number of fused-ring (bicyclic) bond motifs is 1. The Bertz CT molecular complexity index is 768. The van der Waals surface area contributed by atoms with Gasteiger partial charge in [-0.1, -0.05) is 0 Å². The number of rotatable bonds is 2. The number of hydrogen-bond donors (Lipinski definition) is 2. The maximum atomic E-state index is 13.9. The molecule has 1 saturated heterocycles. The maximum Gasteiger partial charge on any atom is 0.394 e. The fraction of sp³-hybridized carbons (Fsp3) is 0.529. The molecule has 2 aliphatic rings. The summed E-state index contributed by atoms with van der Waals surface area (Å²) in [6.07, 6.45) is -3.49. The Hall–Kier alpha value is -2.39. The Morgan fingerprint density at radius 2 is 1.89 bits per heavy atom. The van der Waals surface area contributed by atoms with Gasteiger partial charge in [0.05, 0.1) is 17.9 Å². The predicted molar refractivity (Wildman–Crippen MR) is 82.8 cm³/mol. The Labute approximate surface area is 151 Å². The molecular weight excluding hydrogens is 375 g/mol. The van der Waals surface area contributed by atoms with Crippen LogP contribution < -0.4 is 5.32 Å². The number of benzene rings is 1. The van der Waals surface area contributed by atoms with Crippen molar-refractivity contribution in [1.29, 1.82) is 0 Å². The highest BCUT2D eigenvalue weighted by Gasteiger charge is 2.53. The molecule has 0 saturated carbocycles. The van der Waals surface area contributed by atoms with E-state index in [1.54, 1.807) is 0 Å². The van der Waals surface area contributed by atoms with E-state index < -0.39 is 60.8 Å². The van der Waals surface area contributed by atoms with Crippen LogP contribution in [0.25, 0.3) is 0 Å². The third-order valence-corrected chi connectivity index (χ3v) is 5.13. The number of halogens is 5. The largest absolute Gasteiger partial charge is 0.481 e. The van der Waals surface area contributed by atoms with Crippen molar-refractivity contribution in [2.24, 2.45) is 11.8 Å². The zero-order valence-electron chi connectivity index (χ0n) is 14.0. The molecule has 0 unspecified atom stereocenters. The van der Waals surface area contributed by atoms with Gasteiger partial charge in [0.25, 0.3) is 0 Å². The minimum atomic E-state index is -4.75. The van der Waals surface area contributed by atoms with Gasteiger partial charge < -0.3 is 15.3 Å². The fourth-order valence-corrected chi connectivity index (χ4v) is 3.78. The summed E-state index contributed by atoms with van der Waals surface area (Å²) in [7, 11) is 0. The first-order valence-corrected chi connectivity index (χ1v) is 8.40. The van der Waals surface area contributed by atoms with Crippen molar-refractivity contribution in [1.82, 2.24) is 10.2 Å². The monoisotopic (exact) mass is 392 g/mol. The second-order valence-corrected chi connectivity index (χ2v) is 6.85. The maximum absolute atomic E-state index is 13.9. The Morgan fingerprint density at radius 1 is 1.19 bits per heavy atom. The molecule has 0 bridgehead atoms. The number of amides is 2. The number of carbonyl (C=O) groups is 2. The van der Waals surface area contributed by atoms with Gasteiger partial charge in [-0.15, -0.1) is 0 Å². The zero-order valence-corrected chi connectivity index (χ0v) is 14.0. The molecule has 5 nitrogen and oxygen atoms in total. The molecule has 1 fully saturated rings. The molecule has 1 aliphatic carbocycles. The van der Waals surface area contributed by atoms with Gasteiger partial charge in [0.2, 0.25) is 0 Å². The van der Waals surface area contributed by atoms with Crippen LogP contribution in [0.3, 0.4) is 0 Å². The minimum Gasteiger partial charge on any atom is -0.481 e. The number of likely N-dealkylation sites (tertiary alicyclic amines) is 1. The lowest BCUT2D eigenvalue weighted by Gasteiger charge is -2.29. The van der Waals surface area contributed by atoms with E-state index in [2.05, 4.69) is 5.32 Å². The van der Waals surface area contributed by atoms with Crippen LogP contribution in [0.4, 0.5) is 26.7 Å².